The van der Waals surface area contributed by atoms with Crippen LogP contribution in [0.25, 0.3) is 0 Å². The lowest BCUT2D eigenvalue weighted by atomic mass is 10.2. The molecule has 1 aromatic rings. The maximum absolute atomic E-state index is 13.7. The molecule has 1 unspecified atom stereocenters. The van der Waals surface area contributed by atoms with Crippen LogP contribution >= 0.6 is 0 Å². The number of nitrogens with zero attached hydrogens (tertiary/aromatic N) is 2. The van der Waals surface area contributed by atoms with Crippen LogP contribution in [0.3, 0.4) is 0 Å². The second-order valence-corrected chi connectivity index (χ2v) is 5.73. The maximum atomic E-state index is 13.7. The SMILES string of the molecule is CC(C)(C)OC(=O)Nc1c(F)cnn1C1CCCCO1. The van der Waals surface area contributed by atoms with Crippen molar-refractivity contribution in [1.29, 1.82) is 0 Å². The van der Waals surface area contributed by atoms with Crippen molar-refractivity contribution in [2.75, 3.05) is 11.9 Å². The molecular formula is C13H20FN3O3. The Bertz CT molecular complexity index is 476. The van der Waals surface area contributed by atoms with E-state index < -0.39 is 17.5 Å². The van der Waals surface area contributed by atoms with Gasteiger partial charge in [0, 0.05) is 6.61 Å². The van der Waals surface area contributed by atoms with E-state index in [9.17, 15) is 9.18 Å². The van der Waals surface area contributed by atoms with Crippen LogP contribution in [0.15, 0.2) is 6.20 Å². The van der Waals surface area contributed by atoms with Crippen LogP contribution in [0.4, 0.5) is 15.0 Å². The third-order valence-electron chi connectivity index (χ3n) is 2.80. The van der Waals surface area contributed by atoms with E-state index in [-0.39, 0.29) is 12.0 Å². The molecule has 1 amide bonds. The van der Waals surface area contributed by atoms with Gasteiger partial charge in [0.2, 0.25) is 0 Å². The van der Waals surface area contributed by atoms with Gasteiger partial charge in [-0.05, 0) is 40.0 Å². The summed E-state index contributed by atoms with van der Waals surface area (Å²) in [7, 11) is 0. The van der Waals surface area contributed by atoms with Crippen molar-refractivity contribution in [2.24, 2.45) is 0 Å². The Kier molecular flexibility index (Phi) is 4.27. The fourth-order valence-electron chi connectivity index (χ4n) is 1.99. The molecule has 0 saturated carbocycles. The first-order chi connectivity index (χ1) is 9.37. The minimum atomic E-state index is -0.714. The molecule has 1 aliphatic rings. The molecule has 0 aliphatic carbocycles. The molecule has 2 rings (SSSR count). The Balaban J connectivity index is 2.10. The van der Waals surface area contributed by atoms with Crippen molar-refractivity contribution in [3.05, 3.63) is 12.0 Å². The number of rotatable bonds is 2. The quantitative estimate of drug-likeness (QED) is 0.907. The van der Waals surface area contributed by atoms with Gasteiger partial charge in [-0.2, -0.15) is 5.10 Å². The Labute approximate surface area is 117 Å². The molecule has 112 valence electrons. The van der Waals surface area contributed by atoms with Gasteiger partial charge in [-0.3, -0.25) is 5.32 Å². The second kappa shape index (κ2) is 5.78. The summed E-state index contributed by atoms with van der Waals surface area (Å²) in [5.41, 5.74) is -0.646. The third-order valence-corrected chi connectivity index (χ3v) is 2.80. The largest absolute Gasteiger partial charge is 0.444 e. The first kappa shape index (κ1) is 14.8. The molecule has 1 N–H and O–H groups in total. The molecule has 2 heterocycles. The molecule has 1 aliphatic heterocycles. The van der Waals surface area contributed by atoms with E-state index in [1.807, 2.05) is 0 Å². The monoisotopic (exact) mass is 285 g/mol. The normalized spacial score (nSPS) is 19.7. The summed E-state index contributed by atoms with van der Waals surface area (Å²) < 4.78 is 25.8. The highest BCUT2D eigenvalue weighted by Crippen LogP contribution is 2.27. The summed E-state index contributed by atoms with van der Waals surface area (Å²) in [5, 5.41) is 6.33. The van der Waals surface area contributed by atoms with E-state index in [2.05, 4.69) is 10.4 Å². The number of carbonyl (C=O) groups excluding carboxylic acids is 1. The molecule has 0 aromatic carbocycles. The fraction of sp³-hybridized carbons (Fsp3) is 0.692. The third kappa shape index (κ3) is 3.69. The number of hydrogen-bond donors (Lipinski definition) is 1. The van der Waals surface area contributed by atoms with Crippen molar-refractivity contribution in [3.8, 4) is 0 Å². The second-order valence-electron chi connectivity index (χ2n) is 5.73. The summed E-state index contributed by atoms with van der Waals surface area (Å²) in [6, 6.07) is 0. The van der Waals surface area contributed by atoms with Crippen molar-refractivity contribution < 1.29 is 18.7 Å². The molecule has 1 fully saturated rings. The molecule has 0 bridgehead atoms. The number of ether oxygens (including phenoxy) is 2. The van der Waals surface area contributed by atoms with Gasteiger partial charge in [-0.15, -0.1) is 0 Å². The smallest absolute Gasteiger partial charge is 0.413 e. The number of nitrogens with one attached hydrogen (secondary N) is 1. The maximum Gasteiger partial charge on any atom is 0.413 e. The van der Waals surface area contributed by atoms with Crippen molar-refractivity contribution in [3.63, 3.8) is 0 Å². The van der Waals surface area contributed by atoms with Crippen LogP contribution in [-0.2, 0) is 9.47 Å². The standard InChI is InChI=1S/C13H20FN3O3/c1-13(2,3)20-12(18)16-11-9(14)8-15-17(11)10-6-4-5-7-19-10/h8,10H,4-7H2,1-3H3,(H,16,18). The van der Waals surface area contributed by atoms with Crippen molar-refractivity contribution in [1.82, 2.24) is 9.78 Å². The number of halogens is 1. The van der Waals surface area contributed by atoms with Crippen LogP contribution in [0.2, 0.25) is 0 Å². The summed E-state index contributed by atoms with van der Waals surface area (Å²) in [6.07, 6.45) is 2.70. The summed E-state index contributed by atoms with van der Waals surface area (Å²) in [5.74, 6) is -0.629. The fourth-order valence-corrected chi connectivity index (χ4v) is 1.99. The van der Waals surface area contributed by atoms with E-state index >= 15 is 0 Å². The number of amides is 1. The first-order valence-corrected chi connectivity index (χ1v) is 6.71. The van der Waals surface area contributed by atoms with Gasteiger partial charge >= 0.3 is 6.09 Å². The van der Waals surface area contributed by atoms with Crippen molar-refractivity contribution in [2.45, 2.75) is 51.9 Å². The Morgan fingerprint density at radius 3 is 2.90 bits per heavy atom. The average molecular weight is 285 g/mol. The van der Waals surface area contributed by atoms with E-state index in [0.29, 0.717) is 6.61 Å². The number of aromatic nitrogens is 2. The highest BCUT2D eigenvalue weighted by molar-refractivity contribution is 5.83. The van der Waals surface area contributed by atoms with Gasteiger partial charge in [0.15, 0.2) is 17.9 Å². The van der Waals surface area contributed by atoms with E-state index in [4.69, 9.17) is 9.47 Å². The highest BCUT2D eigenvalue weighted by Gasteiger charge is 2.24. The topological polar surface area (TPSA) is 65.4 Å². The van der Waals surface area contributed by atoms with Crippen LogP contribution in [-0.4, -0.2) is 28.1 Å². The first-order valence-electron chi connectivity index (χ1n) is 6.71. The molecule has 6 nitrogen and oxygen atoms in total. The molecule has 0 radical (unpaired) electrons. The predicted molar refractivity (Wildman–Crippen MR) is 70.9 cm³/mol. The zero-order chi connectivity index (χ0) is 14.8. The van der Waals surface area contributed by atoms with Crippen molar-refractivity contribution >= 4 is 11.9 Å². The molecule has 1 aromatic heterocycles. The van der Waals surface area contributed by atoms with Gasteiger partial charge < -0.3 is 9.47 Å². The number of anilines is 1. The van der Waals surface area contributed by atoms with Gasteiger partial charge in [0.25, 0.3) is 0 Å². The van der Waals surface area contributed by atoms with Gasteiger partial charge in [-0.1, -0.05) is 0 Å². The number of carbonyl (C=O) groups is 1. The lowest BCUT2D eigenvalue weighted by Gasteiger charge is -2.25. The van der Waals surface area contributed by atoms with E-state index in [1.54, 1.807) is 20.8 Å². The van der Waals surface area contributed by atoms with Gasteiger partial charge in [0.05, 0.1) is 6.20 Å². The Hall–Kier alpha value is -1.63. The van der Waals surface area contributed by atoms with Gasteiger partial charge in [0.1, 0.15) is 5.60 Å². The lowest BCUT2D eigenvalue weighted by Crippen LogP contribution is -2.29. The van der Waals surface area contributed by atoms with Gasteiger partial charge in [-0.25, -0.2) is 13.9 Å². The summed E-state index contributed by atoms with van der Waals surface area (Å²) in [4.78, 5) is 11.7. The minimum absolute atomic E-state index is 0.0221. The minimum Gasteiger partial charge on any atom is -0.444 e. The molecule has 1 saturated heterocycles. The van der Waals surface area contributed by atoms with Crippen LogP contribution in [0, 0.1) is 5.82 Å². The zero-order valence-electron chi connectivity index (χ0n) is 12.0. The molecule has 20 heavy (non-hydrogen) atoms. The summed E-state index contributed by atoms with van der Waals surface area (Å²) >= 11 is 0. The lowest BCUT2D eigenvalue weighted by molar-refractivity contribution is -0.0382. The van der Waals surface area contributed by atoms with Crippen LogP contribution < -0.4 is 5.32 Å². The predicted octanol–water partition coefficient (Wildman–Crippen LogP) is 3.07. The Morgan fingerprint density at radius 1 is 1.55 bits per heavy atom. The zero-order valence-corrected chi connectivity index (χ0v) is 12.0. The average Bonchev–Trinajstić information content (AvgIpc) is 2.70. The molecule has 0 spiro atoms. The summed E-state index contributed by atoms with van der Waals surface area (Å²) in [6.45, 7) is 5.83. The number of hydrogen-bond acceptors (Lipinski definition) is 4. The molecule has 1 atom stereocenters. The highest BCUT2D eigenvalue weighted by atomic mass is 19.1. The van der Waals surface area contributed by atoms with E-state index in [0.717, 1.165) is 25.5 Å². The van der Waals surface area contributed by atoms with Crippen LogP contribution in [0.1, 0.15) is 46.3 Å². The molecule has 7 heteroatoms. The van der Waals surface area contributed by atoms with E-state index in [1.165, 1.54) is 4.68 Å². The Morgan fingerprint density at radius 2 is 2.30 bits per heavy atom. The van der Waals surface area contributed by atoms with Crippen LogP contribution in [0.5, 0.6) is 0 Å². The molecular weight excluding hydrogens is 265 g/mol.